The van der Waals surface area contributed by atoms with E-state index in [0.717, 1.165) is 4.90 Å². The monoisotopic (exact) mass is 468 g/mol. The summed E-state index contributed by atoms with van der Waals surface area (Å²) in [5.74, 6) is -5.15. The summed E-state index contributed by atoms with van der Waals surface area (Å²) in [6, 6.07) is 19.9. The highest BCUT2D eigenvalue weighted by Crippen LogP contribution is 2.57. The molecule has 3 aromatic rings. The number of Topliss-reactive ketones (excluding diaryl/α,β-unsaturated/α-hetero) is 2. The van der Waals surface area contributed by atoms with Crippen molar-refractivity contribution in [3.05, 3.63) is 106 Å². The Balaban J connectivity index is 1.51. The smallest absolute Gasteiger partial charge is 0.269 e. The second-order valence-corrected chi connectivity index (χ2v) is 8.68. The van der Waals surface area contributed by atoms with Crippen molar-refractivity contribution in [2.24, 2.45) is 11.8 Å². The number of carbonyl (C=O) groups excluding carboxylic acids is 4. The third kappa shape index (κ3) is 2.66. The summed E-state index contributed by atoms with van der Waals surface area (Å²) >= 11 is 0. The molecule has 2 heterocycles. The Hall–Kier alpha value is -4.50. The van der Waals surface area contributed by atoms with Crippen LogP contribution in [0.15, 0.2) is 78.9 Å². The first-order valence-corrected chi connectivity index (χ1v) is 10.9. The Morgan fingerprint density at radius 3 is 1.91 bits per heavy atom. The van der Waals surface area contributed by atoms with Crippen LogP contribution in [-0.4, -0.2) is 33.9 Å². The first-order valence-electron chi connectivity index (χ1n) is 10.9. The molecule has 2 amide bonds. The molecule has 0 bridgehead atoms. The summed E-state index contributed by atoms with van der Waals surface area (Å²) in [5, 5.41) is 11.0. The highest BCUT2D eigenvalue weighted by atomic mass is 16.6. The predicted octanol–water partition coefficient (Wildman–Crippen LogP) is 3.29. The maximum atomic E-state index is 13.8. The molecule has 2 saturated heterocycles. The van der Waals surface area contributed by atoms with Gasteiger partial charge in [-0.3, -0.25) is 29.3 Å². The summed E-state index contributed by atoms with van der Waals surface area (Å²) < 4.78 is 6.19. The molecule has 3 atom stereocenters. The van der Waals surface area contributed by atoms with Gasteiger partial charge in [-0.2, -0.15) is 0 Å². The highest BCUT2D eigenvalue weighted by molar-refractivity contribution is 6.37. The second-order valence-electron chi connectivity index (χ2n) is 8.68. The van der Waals surface area contributed by atoms with E-state index in [-0.39, 0.29) is 22.5 Å². The number of non-ortho nitro benzene ring substituents is 1. The standard InChI is InChI=1S/C26H16N2O7/c29-22-17-8-4-5-9-18(17)23(30)26(22)20-19(21(35-26)14-6-2-1-3-7-14)24(31)27(25(20)32)15-10-12-16(13-11-15)28(33)34/h1-13,19-21H/t19-,20-,21?/m0/s1. The summed E-state index contributed by atoms with van der Waals surface area (Å²) in [6.45, 7) is 0. The quantitative estimate of drug-likeness (QED) is 0.250. The summed E-state index contributed by atoms with van der Waals surface area (Å²) in [4.78, 5) is 66.2. The number of benzene rings is 3. The average Bonchev–Trinajstić information content (AvgIpc) is 3.44. The van der Waals surface area contributed by atoms with E-state index in [0.29, 0.717) is 5.56 Å². The fourth-order valence-electron chi connectivity index (χ4n) is 5.44. The zero-order valence-corrected chi connectivity index (χ0v) is 18.0. The minimum Gasteiger partial charge on any atom is -0.349 e. The molecule has 172 valence electrons. The molecule has 6 rings (SSSR count). The number of nitro benzene ring substituents is 1. The van der Waals surface area contributed by atoms with Crippen LogP contribution in [0.4, 0.5) is 11.4 Å². The van der Waals surface area contributed by atoms with Crippen LogP contribution in [-0.2, 0) is 14.3 Å². The average molecular weight is 468 g/mol. The number of ether oxygens (including phenoxy) is 1. The molecule has 0 radical (unpaired) electrons. The summed E-state index contributed by atoms with van der Waals surface area (Å²) in [5.41, 5.74) is -1.37. The molecule has 9 nitrogen and oxygen atoms in total. The first kappa shape index (κ1) is 21.1. The molecular weight excluding hydrogens is 452 g/mol. The Morgan fingerprint density at radius 2 is 1.34 bits per heavy atom. The van der Waals surface area contributed by atoms with Crippen molar-refractivity contribution < 1.29 is 28.8 Å². The Morgan fingerprint density at radius 1 is 0.771 bits per heavy atom. The number of nitrogens with zero attached hydrogens (tertiary/aromatic N) is 2. The number of rotatable bonds is 3. The van der Waals surface area contributed by atoms with Crippen LogP contribution in [0.3, 0.4) is 0 Å². The number of amides is 2. The predicted molar refractivity (Wildman–Crippen MR) is 121 cm³/mol. The van der Waals surface area contributed by atoms with Crippen LogP contribution in [0.1, 0.15) is 32.4 Å². The molecule has 3 aliphatic rings. The lowest BCUT2D eigenvalue weighted by Crippen LogP contribution is -2.51. The lowest BCUT2D eigenvalue weighted by molar-refractivity contribution is -0.384. The number of hydrogen-bond acceptors (Lipinski definition) is 7. The Labute approximate surface area is 198 Å². The van der Waals surface area contributed by atoms with E-state index in [9.17, 15) is 29.3 Å². The molecule has 1 spiro atoms. The van der Waals surface area contributed by atoms with E-state index >= 15 is 0 Å². The Kier molecular flexibility index (Phi) is 4.36. The molecule has 9 heteroatoms. The Bertz CT molecular complexity index is 1410. The maximum Gasteiger partial charge on any atom is 0.269 e. The van der Waals surface area contributed by atoms with Crippen molar-refractivity contribution in [3.63, 3.8) is 0 Å². The van der Waals surface area contributed by atoms with Crippen molar-refractivity contribution in [3.8, 4) is 0 Å². The van der Waals surface area contributed by atoms with E-state index in [4.69, 9.17) is 4.74 Å². The lowest BCUT2D eigenvalue weighted by atomic mass is 9.77. The van der Waals surface area contributed by atoms with Gasteiger partial charge in [-0.25, -0.2) is 4.90 Å². The maximum absolute atomic E-state index is 13.8. The van der Waals surface area contributed by atoms with Gasteiger partial charge in [-0.1, -0.05) is 54.6 Å². The van der Waals surface area contributed by atoms with Crippen molar-refractivity contribution in [2.45, 2.75) is 11.7 Å². The van der Waals surface area contributed by atoms with Gasteiger partial charge in [0, 0.05) is 23.3 Å². The van der Waals surface area contributed by atoms with E-state index in [1.54, 1.807) is 42.5 Å². The fourth-order valence-corrected chi connectivity index (χ4v) is 5.44. The van der Waals surface area contributed by atoms with E-state index < -0.39 is 51.8 Å². The summed E-state index contributed by atoms with van der Waals surface area (Å²) in [6.07, 6.45) is -1.01. The van der Waals surface area contributed by atoms with Gasteiger partial charge < -0.3 is 4.74 Å². The first-order chi connectivity index (χ1) is 16.9. The van der Waals surface area contributed by atoms with Gasteiger partial charge in [0.05, 0.1) is 28.6 Å². The molecule has 0 saturated carbocycles. The van der Waals surface area contributed by atoms with E-state index in [1.165, 1.54) is 36.4 Å². The number of carbonyl (C=O) groups is 4. The van der Waals surface area contributed by atoms with Gasteiger partial charge in [0.25, 0.3) is 5.69 Å². The molecule has 2 fully saturated rings. The fraction of sp³-hybridized carbons (Fsp3) is 0.154. The number of nitro groups is 1. The van der Waals surface area contributed by atoms with Crippen molar-refractivity contribution in [1.29, 1.82) is 0 Å². The highest BCUT2D eigenvalue weighted by Gasteiger charge is 2.74. The van der Waals surface area contributed by atoms with Crippen molar-refractivity contribution in [2.75, 3.05) is 4.90 Å². The molecule has 1 aliphatic carbocycles. The van der Waals surface area contributed by atoms with Gasteiger partial charge >= 0.3 is 0 Å². The normalized spacial score (nSPS) is 24.2. The molecular formula is C26H16N2O7. The second kappa shape index (κ2) is 7.25. The number of fused-ring (bicyclic) bond motifs is 3. The largest absolute Gasteiger partial charge is 0.349 e. The number of anilines is 1. The van der Waals surface area contributed by atoms with Gasteiger partial charge in [-0.05, 0) is 17.7 Å². The third-order valence-electron chi connectivity index (χ3n) is 6.97. The van der Waals surface area contributed by atoms with Crippen LogP contribution < -0.4 is 4.90 Å². The minimum atomic E-state index is -2.16. The van der Waals surface area contributed by atoms with Crippen LogP contribution >= 0.6 is 0 Å². The molecule has 35 heavy (non-hydrogen) atoms. The van der Waals surface area contributed by atoms with Crippen molar-refractivity contribution >= 4 is 34.8 Å². The summed E-state index contributed by atoms with van der Waals surface area (Å²) in [7, 11) is 0. The van der Waals surface area contributed by atoms with Gasteiger partial charge in [0.1, 0.15) is 0 Å². The minimum absolute atomic E-state index is 0.123. The van der Waals surface area contributed by atoms with Crippen LogP contribution in [0.25, 0.3) is 0 Å². The van der Waals surface area contributed by atoms with E-state index in [2.05, 4.69) is 0 Å². The molecule has 0 aromatic heterocycles. The van der Waals surface area contributed by atoms with E-state index in [1.807, 2.05) is 0 Å². The van der Waals surface area contributed by atoms with Crippen LogP contribution in [0.2, 0.25) is 0 Å². The van der Waals surface area contributed by atoms with Gasteiger partial charge in [0.15, 0.2) is 0 Å². The molecule has 3 aromatic carbocycles. The van der Waals surface area contributed by atoms with Gasteiger partial charge in [-0.15, -0.1) is 0 Å². The lowest BCUT2D eigenvalue weighted by Gasteiger charge is -2.27. The topological polar surface area (TPSA) is 124 Å². The SMILES string of the molecule is O=C1[C@@H]2C(c3ccccc3)OC3(C(=O)c4ccccc4C3=O)[C@@H]2C(=O)N1c1ccc([N+](=O)[O-])cc1. The van der Waals surface area contributed by atoms with Crippen LogP contribution in [0.5, 0.6) is 0 Å². The molecule has 2 aliphatic heterocycles. The number of hydrogen-bond donors (Lipinski definition) is 0. The molecule has 0 N–H and O–H groups in total. The van der Waals surface area contributed by atoms with Crippen molar-refractivity contribution in [1.82, 2.24) is 0 Å². The third-order valence-corrected chi connectivity index (χ3v) is 6.97. The number of ketones is 2. The zero-order chi connectivity index (χ0) is 24.5. The van der Waals surface area contributed by atoms with Crippen LogP contribution in [0, 0.1) is 22.0 Å². The number of imide groups is 1. The molecule has 1 unspecified atom stereocenters. The van der Waals surface area contributed by atoms with Gasteiger partial charge in [0.2, 0.25) is 29.0 Å². The zero-order valence-electron chi connectivity index (χ0n) is 18.0.